The van der Waals surface area contributed by atoms with Crippen molar-refractivity contribution in [1.29, 1.82) is 0 Å². The fourth-order valence-electron chi connectivity index (χ4n) is 1.49. The molecule has 0 aliphatic rings. The fraction of sp³-hybridized carbons (Fsp3) is 0.0769. The number of nitrogen functional groups attached to an aromatic ring is 1. The van der Waals surface area contributed by atoms with Crippen molar-refractivity contribution in [1.82, 2.24) is 0 Å². The summed E-state index contributed by atoms with van der Waals surface area (Å²) >= 11 is 6.07. The van der Waals surface area contributed by atoms with Crippen LogP contribution in [-0.4, -0.2) is 0 Å². The Bertz CT molecular complexity index is 492. The Balaban J connectivity index is 2.50. The van der Waals surface area contributed by atoms with Crippen LogP contribution in [0.25, 0.3) is 11.1 Å². The molecule has 0 radical (unpaired) electrons. The van der Waals surface area contributed by atoms with Crippen molar-refractivity contribution >= 4 is 17.3 Å². The van der Waals surface area contributed by atoms with Gasteiger partial charge in [0.25, 0.3) is 0 Å². The van der Waals surface area contributed by atoms with E-state index in [4.69, 9.17) is 17.3 Å². The molecule has 0 aliphatic carbocycles. The molecule has 0 aliphatic heterocycles. The van der Waals surface area contributed by atoms with Crippen LogP contribution >= 0.6 is 11.6 Å². The Kier molecular flexibility index (Phi) is 2.65. The summed E-state index contributed by atoms with van der Waals surface area (Å²) in [5.74, 6) is 0. The number of hydrogen-bond donors (Lipinski definition) is 1. The normalized spacial score (nSPS) is 10.3. The van der Waals surface area contributed by atoms with Gasteiger partial charge in [0.15, 0.2) is 0 Å². The van der Waals surface area contributed by atoms with Gasteiger partial charge in [0.05, 0.1) is 0 Å². The van der Waals surface area contributed by atoms with Gasteiger partial charge in [-0.25, -0.2) is 0 Å². The number of hydrogen-bond acceptors (Lipinski definition) is 1. The lowest BCUT2D eigenvalue weighted by molar-refractivity contribution is 1.47. The van der Waals surface area contributed by atoms with Crippen LogP contribution in [0.5, 0.6) is 0 Å². The van der Waals surface area contributed by atoms with E-state index in [2.05, 4.69) is 6.07 Å². The van der Waals surface area contributed by atoms with Crippen LogP contribution in [0.3, 0.4) is 0 Å². The van der Waals surface area contributed by atoms with Gasteiger partial charge in [0, 0.05) is 10.7 Å². The Morgan fingerprint density at radius 2 is 1.73 bits per heavy atom. The van der Waals surface area contributed by atoms with Gasteiger partial charge in [0.2, 0.25) is 0 Å². The van der Waals surface area contributed by atoms with Crippen LogP contribution < -0.4 is 5.73 Å². The maximum atomic E-state index is 6.07. The first-order valence-corrected chi connectivity index (χ1v) is 5.17. The molecule has 0 aromatic heterocycles. The molecule has 76 valence electrons. The number of halogens is 1. The SMILES string of the molecule is Cc1ccc(-c2cccc(N)c2)cc1Cl. The van der Waals surface area contributed by atoms with Crippen LogP contribution in [0.1, 0.15) is 5.56 Å². The Hall–Kier alpha value is -1.47. The molecule has 0 unspecified atom stereocenters. The smallest absolute Gasteiger partial charge is 0.0441 e. The zero-order valence-electron chi connectivity index (χ0n) is 8.50. The summed E-state index contributed by atoms with van der Waals surface area (Å²) in [6.45, 7) is 1.99. The molecule has 2 aromatic rings. The molecule has 15 heavy (non-hydrogen) atoms. The average molecular weight is 218 g/mol. The van der Waals surface area contributed by atoms with Gasteiger partial charge in [0.1, 0.15) is 0 Å². The summed E-state index contributed by atoms with van der Waals surface area (Å²) in [6, 6.07) is 13.8. The maximum absolute atomic E-state index is 6.07. The van der Waals surface area contributed by atoms with Gasteiger partial charge in [-0.3, -0.25) is 0 Å². The monoisotopic (exact) mass is 217 g/mol. The molecule has 0 saturated carbocycles. The minimum atomic E-state index is 0.768. The predicted octanol–water partition coefficient (Wildman–Crippen LogP) is 3.90. The van der Waals surface area contributed by atoms with Gasteiger partial charge in [-0.05, 0) is 41.8 Å². The molecule has 0 amide bonds. The van der Waals surface area contributed by atoms with Crippen molar-refractivity contribution < 1.29 is 0 Å². The summed E-state index contributed by atoms with van der Waals surface area (Å²) in [5, 5.41) is 0.787. The molecule has 2 aromatic carbocycles. The third-order valence-electron chi connectivity index (χ3n) is 2.39. The highest BCUT2D eigenvalue weighted by molar-refractivity contribution is 6.31. The summed E-state index contributed by atoms with van der Waals surface area (Å²) < 4.78 is 0. The van der Waals surface area contributed by atoms with Gasteiger partial charge in [-0.1, -0.05) is 35.9 Å². The highest BCUT2D eigenvalue weighted by Crippen LogP contribution is 2.26. The first-order chi connectivity index (χ1) is 7.16. The molecule has 0 atom stereocenters. The third-order valence-corrected chi connectivity index (χ3v) is 2.80. The summed E-state index contributed by atoms with van der Waals surface area (Å²) in [4.78, 5) is 0. The summed E-state index contributed by atoms with van der Waals surface area (Å²) in [5.41, 5.74) is 9.78. The lowest BCUT2D eigenvalue weighted by Crippen LogP contribution is -1.85. The summed E-state index contributed by atoms with van der Waals surface area (Å²) in [6.07, 6.45) is 0. The van der Waals surface area contributed by atoms with E-state index in [1.807, 2.05) is 43.3 Å². The minimum absolute atomic E-state index is 0.768. The minimum Gasteiger partial charge on any atom is -0.399 e. The van der Waals surface area contributed by atoms with Gasteiger partial charge in [-0.15, -0.1) is 0 Å². The zero-order valence-corrected chi connectivity index (χ0v) is 9.25. The standard InChI is InChI=1S/C13H12ClN/c1-9-5-6-11(8-13(9)14)10-3-2-4-12(15)7-10/h2-8H,15H2,1H3. The molecular weight excluding hydrogens is 206 g/mol. The van der Waals surface area contributed by atoms with Crippen molar-refractivity contribution in [3.8, 4) is 11.1 Å². The lowest BCUT2D eigenvalue weighted by Gasteiger charge is -2.05. The highest BCUT2D eigenvalue weighted by atomic mass is 35.5. The predicted molar refractivity (Wildman–Crippen MR) is 66.0 cm³/mol. The molecular formula is C13H12ClN. The molecule has 2 heteroatoms. The highest BCUT2D eigenvalue weighted by Gasteiger charge is 2.00. The van der Waals surface area contributed by atoms with Crippen molar-refractivity contribution in [2.45, 2.75) is 6.92 Å². The van der Waals surface area contributed by atoms with Gasteiger partial charge < -0.3 is 5.73 Å². The van der Waals surface area contributed by atoms with E-state index >= 15 is 0 Å². The second-order valence-corrected chi connectivity index (χ2v) is 4.00. The van der Waals surface area contributed by atoms with Crippen LogP contribution in [0.15, 0.2) is 42.5 Å². The summed E-state index contributed by atoms with van der Waals surface area (Å²) in [7, 11) is 0. The molecule has 2 N–H and O–H groups in total. The van der Waals surface area contributed by atoms with E-state index in [1.54, 1.807) is 0 Å². The van der Waals surface area contributed by atoms with Gasteiger partial charge in [-0.2, -0.15) is 0 Å². The maximum Gasteiger partial charge on any atom is 0.0441 e. The molecule has 0 spiro atoms. The van der Waals surface area contributed by atoms with E-state index in [-0.39, 0.29) is 0 Å². The number of rotatable bonds is 1. The van der Waals surface area contributed by atoms with Crippen molar-refractivity contribution in [2.75, 3.05) is 5.73 Å². The van der Waals surface area contributed by atoms with Crippen molar-refractivity contribution in [3.63, 3.8) is 0 Å². The second-order valence-electron chi connectivity index (χ2n) is 3.59. The molecule has 0 bridgehead atoms. The van der Waals surface area contributed by atoms with Crippen LogP contribution in [0.2, 0.25) is 5.02 Å². The second kappa shape index (κ2) is 3.95. The Morgan fingerprint density at radius 1 is 1.00 bits per heavy atom. The van der Waals surface area contributed by atoms with E-state index in [1.165, 1.54) is 0 Å². The number of anilines is 1. The molecule has 1 nitrogen and oxygen atoms in total. The van der Waals surface area contributed by atoms with Crippen LogP contribution in [-0.2, 0) is 0 Å². The van der Waals surface area contributed by atoms with Crippen molar-refractivity contribution in [3.05, 3.63) is 53.1 Å². The van der Waals surface area contributed by atoms with Crippen LogP contribution in [0.4, 0.5) is 5.69 Å². The van der Waals surface area contributed by atoms with E-state index in [0.29, 0.717) is 0 Å². The first kappa shape index (κ1) is 10.1. The fourth-order valence-corrected chi connectivity index (χ4v) is 1.67. The quantitative estimate of drug-likeness (QED) is 0.721. The van der Waals surface area contributed by atoms with Crippen molar-refractivity contribution in [2.24, 2.45) is 0 Å². The van der Waals surface area contributed by atoms with Gasteiger partial charge >= 0.3 is 0 Å². The van der Waals surface area contributed by atoms with E-state index in [9.17, 15) is 0 Å². The van der Waals surface area contributed by atoms with E-state index < -0.39 is 0 Å². The number of benzene rings is 2. The molecule has 0 fully saturated rings. The topological polar surface area (TPSA) is 26.0 Å². The first-order valence-electron chi connectivity index (χ1n) is 4.79. The number of nitrogens with two attached hydrogens (primary N) is 1. The zero-order chi connectivity index (χ0) is 10.8. The largest absolute Gasteiger partial charge is 0.399 e. The molecule has 0 saturated heterocycles. The molecule has 0 heterocycles. The lowest BCUT2D eigenvalue weighted by atomic mass is 10.0. The third kappa shape index (κ3) is 2.13. The Labute approximate surface area is 94.5 Å². The number of aryl methyl sites for hydroxylation is 1. The van der Waals surface area contributed by atoms with Crippen LogP contribution in [0, 0.1) is 6.92 Å². The average Bonchev–Trinajstić information content (AvgIpc) is 2.22. The van der Waals surface area contributed by atoms with E-state index in [0.717, 1.165) is 27.4 Å². The Morgan fingerprint density at radius 3 is 2.40 bits per heavy atom. The molecule has 2 rings (SSSR count).